The summed E-state index contributed by atoms with van der Waals surface area (Å²) in [6.45, 7) is 0. The Bertz CT molecular complexity index is 691. The number of ketones is 1. The third-order valence-electron chi connectivity index (χ3n) is 4.08. The van der Waals surface area contributed by atoms with Crippen molar-refractivity contribution < 1.29 is 14.7 Å². The summed E-state index contributed by atoms with van der Waals surface area (Å²) in [7, 11) is 0. The number of Topliss-reactive ketones (excluding diaryl/α,β-unsaturated/α-hetero) is 1. The molecule has 2 N–H and O–H groups in total. The Morgan fingerprint density at radius 2 is 2.00 bits per heavy atom. The second-order valence-electron chi connectivity index (χ2n) is 5.27. The summed E-state index contributed by atoms with van der Waals surface area (Å²) in [5.74, 6) is -1.38. The van der Waals surface area contributed by atoms with Crippen LogP contribution >= 0.6 is 11.6 Å². The molecule has 2 atom stereocenters. The zero-order valence-corrected chi connectivity index (χ0v) is 11.5. The van der Waals surface area contributed by atoms with Crippen LogP contribution in [0.3, 0.4) is 0 Å². The van der Waals surface area contributed by atoms with Gasteiger partial charge in [-0.25, -0.2) is 0 Å². The van der Waals surface area contributed by atoms with Crippen molar-refractivity contribution in [1.29, 1.82) is 0 Å². The fourth-order valence-corrected chi connectivity index (χ4v) is 3.21. The molecule has 1 aliphatic rings. The Balaban J connectivity index is 1.90. The monoisotopic (exact) mass is 291 g/mol. The lowest BCUT2D eigenvalue weighted by molar-refractivity contribution is -0.141. The predicted molar refractivity (Wildman–Crippen MR) is 76.1 cm³/mol. The van der Waals surface area contributed by atoms with Gasteiger partial charge in [-0.3, -0.25) is 9.59 Å². The second-order valence-corrected chi connectivity index (χ2v) is 5.68. The topological polar surface area (TPSA) is 70.2 Å². The van der Waals surface area contributed by atoms with Crippen molar-refractivity contribution in [3.05, 3.63) is 35.0 Å². The van der Waals surface area contributed by atoms with E-state index in [0.717, 1.165) is 10.9 Å². The van der Waals surface area contributed by atoms with E-state index in [-0.39, 0.29) is 11.7 Å². The SMILES string of the molecule is O=C(O)C1CCC(C(=O)c2c[nH]c3c(Cl)cccc23)C1. The Morgan fingerprint density at radius 1 is 1.25 bits per heavy atom. The molecule has 4 nitrogen and oxygen atoms in total. The minimum Gasteiger partial charge on any atom is -0.481 e. The molecule has 0 bridgehead atoms. The van der Waals surface area contributed by atoms with Gasteiger partial charge in [0, 0.05) is 23.1 Å². The van der Waals surface area contributed by atoms with Crippen molar-refractivity contribution >= 4 is 34.3 Å². The average molecular weight is 292 g/mol. The molecule has 5 heteroatoms. The molecule has 3 rings (SSSR count). The van der Waals surface area contributed by atoms with E-state index in [4.69, 9.17) is 16.7 Å². The molecule has 1 fully saturated rings. The maximum absolute atomic E-state index is 12.5. The number of halogens is 1. The Labute approximate surface area is 120 Å². The van der Waals surface area contributed by atoms with Gasteiger partial charge < -0.3 is 10.1 Å². The number of aliphatic carboxylic acids is 1. The molecule has 0 aliphatic heterocycles. The van der Waals surface area contributed by atoms with Crippen LogP contribution in [-0.2, 0) is 4.79 Å². The van der Waals surface area contributed by atoms with Crippen LogP contribution in [0.4, 0.5) is 0 Å². The molecule has 0 saturated heterocycles. The molecular weight excluding hydrogens is 278 g/mol. The van der Waals surface area contributed by atoms with Crippen LogP contribution in [0.5, 0.6) is 0 Å². The first-order valence-electron chi connectivity index (χ1n) is 6.60. The number of nitrogens with one attached hydrogen (secondary N) is 1. The normalized spacial score (nSPS) is 22.2. The first kappa shape index (κ1) is 13.2. The molecule has 0 amide bonds. The summed E-state index contributed by atoms with van der Waals surface area (Å²) in [5.41, 5.74) is 1.36. The summed E-state index contributed by atoms with van der Waals surface area (Å²) in [6, 6.07) is 5.43. The number of para-hydroxylation sites is 1. The maximum Gasteiger partial charge on any atom is 0.306 e. The zero-order valence-electron chi connectivity index (χ0n) is 10.7. The molecule has 1 aromatic heterocycles. The van der Waals surface area contributed by atoms with E-state index in [9.17, 15) is 9.59 Å². The van der Waals surface area contributed by atoms with Gasteiger partial charge in [0.2, 0.25) is 0 Å². The molecule has 20 heavy (non-hydrogen) atoms. The molecule has 2 unspecified atom stereocenters. The Kier molecular flexibility index (Phi) is 3.26. The largest absolute Gasteiger partial charge is 0.481 e. The lowest BCUT2D eigenvalue weighted by atomic mass is 9.95. The lowest BCUT2D eigenvalue weighted by Crippen LogP contribution is -2.14. The highest BCUT2D eigenvalue weighted by molar-refractivity contribution is 6.35. The van der Waals surface area contributed by atoms with E-state index in [1.165, 1.54) is 0 Å². The van der Waals surface area contributed by atoms with Crippen molar-refractivity contribution in [1.82, 2.24) is 4.98 Å². The number of hydrogen-bond donors (Lipinski definition) is 2. The molecule has 1 aliphatic carbocycles. The number of carbonyl (C=O) groups is 2. The first-order chi connectivity index (χ1) is 9.58. The van der Waals surface area contributed by atoms with Gasteiger partial charge in [0.05, 0.1) is 16.5 Å². The minimum absolute atomic E-state index is 0.0160. The minimum atomic E-state index is -0.803. The summed E-state index contributed by atoms with van der Waals surface area (Å²) in [5, 5.41) is 10.4. The number of carbonyl (C=O) groups excluding carboxylic acids is 1. The average Bonchev–Trinajstić information content (AvgIpc) is 3.05. The molecule has 2 aromatic rings. The van der Waals surface area contributed by atoms with Gasteiger partial charge in [-0.2, -0.15) is 0 Å². The standard InChI is InChI=1S/C15H14ClNO3/c16-12-3-1-2-10-11(7-17-13(10)12)14(18)8-4-5-9(6-8)15(19)20/h1-3,7-9,17H,4-6H2,(H,19,20). The molecule has 104 valence electrons. The van der Waals surface area contributed by atoms with Crippen molar-refractivity contribution in [2.45, 2.75) is 19.3 Å². The second kappa shape index (κ2) is 4.94. The number of fused-ring (bicyclic) bond motifs is 1. The van der Waals surface area contributed by atoms with E-state index in [0.29, 0.717) is 29.8 Å². The van der Waals surface area contributed by atoms with E-state index in [1.807, 2.05) is 12.1 Å². The van der Waals surface area contributed by atoms with Crippen LogP contribution in [0.15, 0.2) is 24.4 Å². The number of aromatic amines is 1. The summed E-state index contributed by atoms with van der Waals surface area (Å²) >= 11 is 6.08. The number of aromatic nitrogens is 1. The van der Waals surface area contributed by atoms with Crippen molar-refractivity contribution in [2.24, 2.45) is 11.8 Å². The van der Waals surface area contributed by atoms with E-state index < -0.39 is 11.9 Å². The van der Waals surface area contributed by atoms with Gasteiger partial charge in [0.25, 0.3) is 0 Å². The zero-order chi connectivity index (χ0) is 14.3. The highest BCUT2D eigenvalue weighted by atomic mass is 35.5. The third kappa shape index (κ3) is 2.10. The van der Waals surface area contributed by atoms with Crippen LogP contribution in [0.2, 0.25) is 5.02 Å². The van der Waals surface area contributed by atoms with Crippen LogP contribution < -0.4 is 0 Å². The van der Waals surface area contributed by atoms with Crippen LogP contribution in [0.1, 0.15) is 29.6 Å². The molecular formula is C15H14ClNO3. The van der Waals surface area contributed by atoms with Crippen molar-refractivity contribution in [3.8, 4) is 0 Å². The van der Waals surface area contributed by atoms with Crippen molar-refractivity contribution in [3.63, 3.8) is 0 Å². The molecule has 1 heterocycles. The van der Waals surface area contributed by atoms with Gasteiger partial charge in [-0.05, 0) is 25.3 Å². The van der Waals surface area contributed by atoms with Gasteiger partial charge >= 0.3 is 5.97 Å². The molecule has 0 radical (unpaired) electrons. The van der Waals surface area contributed by atoms with E-state index >= 15 is 0 Å². The van der Waals surface area contributed by atoms with Gasteiger partial charge in [0.15, 0.2) is 5.78 Å². The van der Waals surface area contributed by atoms with E-state index in [2.05, 4.69) is 4.98 Å². The molecule has 1 aromatic carbocycles. The number of benzene rings is 1. The van der Waals surface area contributed by atoms with Gasteiger partial charge in [0.1, 0.15) is 0 Å². The molecule has 0 spiro atoms. The smallest absolute Gasteiger partial charge is 0.306 e. The Hall–Kier alpha value is -1.81. The van der Waals surface area contributed by atoms with Crippen LogP contribution in [0.25, 0.3) is 10.9 Å². The number of carboxylic acid groups (broad SMARTS) is 1. The maximum atomic E-state index is 12.5. The summed E-state index contributed by atoms with van der Waals surface area (Å²) in [4.78, 5) is 26.5. The quantitative estimate of drug-likeness (QED) is 0.850. The fourth-order valence-electron chi connectivity index (χ4n) is 2.99. The third-order valence-corrected chi connectivity index (χ3v) is 4.40. The van der Waals surface area contributed by atoms with Crippen molar-refractivity contribution in [2.75, 3.05) is 0 Å². The summed E-state index contributed by atoms with van der Waals surface area (Å²) in [6.07, 6.45) is 3.33. The van der Waals surface area contributed by atoms with Gasteiger partial charge in [-0.1, -0.05) is 23.7 Å². The number of hydrogen-bond acceptors (Lipinski definition) is 2. The Morgan fingerprint density at radius 3 is 2.70 bits per heavy atom. The number of H-pyrrole nitrogens is 1. The fraction of sp³-hybridized carbons (Fsp3) is 0.333. The summed E-state index contributed by atoms with van der Waals surface area (Å²) < 4.78 is 0. The number of rotatable bonds is 3. The van der Waals surface area contributed by atoms with Crippen LogP contribution in [-0.4, -0.2) is 21.8 Å². The highest BCUT2D eigenvalue weighted by Gasteiger charge is 2.34. The van der Waals surface area contributed by atoms with Gasteiger partial charge in [-0.15, -0.1) is 0 Å². The highest BCUT2D eigenvalue weighted by Crippen LogP contribution is 2.35. The van der Waals surface area contributed by atoms with Crippen LogP contribution in [0, 0.1) is 11.8 Å². The predicted octanol–water partition coefficient (Wildman–Crippen LogP) is 3.50. The van der Waals surface area contributed by atoms with E-state index in [1.54, 1.807) is 12.3 Å². The molecule has 1 saturated carbocycles. The number of carboxylic acids is 1. The lowest BCUT2D eigenvalue weighted by Gasteiger charge is -2.07. The first-order valence-corrected chi connectivity index (χ1v) is 6.98.